The van der Waals surface area contributed by atoms with Crippen molar-refractivity contribution in [3.05, 3.63) is 20.8 Å². The Bertz CT molecular complexity index is 328. The highest BCUT2D eigenvalue weighted by molar-refractivity contribution is 9.10. The minimum atomic E-state index is 0.475. The number of nitrogens with two attached hydrogens (primary N) is 1. The van der Waals surface area contributed by atoms with Crippen LogP contribution in [0.3, 0.4) is 0 Å². The minimum Gasteiger partial charge on any atom is -0.330 e. The van der Waals surface area contributed by atoms with Gasteiger partial charge >= 0.3 is 0 Å². The number of hydrogen-bond acceptors (Lipinski definition) is 3. The Morgan fingerprint density at radius 3 is 2.81 bits per heavy atom. The highest BCUT2D eigenvalue weighted by Gasteiger charge is 2.34. The zero-order chi connectivity index (χ0) is 11.4. The summed E-state index contributed by atoms with van der Waals surface area (Å²) in [6, 6.07) is 2.18. The van der Waals surface area contributed by atoms with Gasteiger partial charge in [0.15, 0.2) is 0 Å². The molecule has 0 unspecified atom stereocenters. The molecule has 1 saturated carbocycles. The quantitative estimate of drug-likeness (QED) is 0.792. The van der Waals surface area contributed by atoms with Gasteiger partial charge in [0.2, 0.25) is 0 Å². The second-order valence-corrected chi connectivity index (χ2v) is 6.63. The highest BCUT2D eigenvalue weighted by Crippen LogP contribution is 2.42. The van der Waals surface area contributed by atoms with E-state index in [-0.39, 0.29) is 0 Å². The lowest BCUT2D eigenvalue weighted by molar-refractivity contribution is 0.130. The van der Waals surface area contributed by atoms with Gasteiger partial charge in [-0.2, -0.15) is 0 Å². The molecule has 0 radical (unpaired) electrons. The Labute approximate surface area is 110 Å². The van der Waals surface area contributed by atoms with Crippen molar-refractivity contribution in [3.63, 3.8) is 0 Å². The molecule has 0 amide bonds. The molecule has 2 nitrogen and oxygen atoms in total. The fraction of sp³-hybridized carbons (Fsp3) is 0.667. The zero-order valence-electron chi connectivity index (χ0n) is 9.47. The smallest absolute Gasteiger partial charge is 0.0300 e. The Morgan fingerprint density at radius 2 is 2.31 bits per heavy atom. The molecule has 1 aliphatic carbocycles. The summed E-state index contributed by atoms with van der Waals surface area (Å²) >= 11 is 5.27. The zero-order valence-corrected chi connectivity index (χ0v) is 11.9. The molecule has 1 aliphatic rings. The van der Waals surface area contributed by atoms with Crippen molar-refractivity contribution in [2.75, 3.05) is 13.1 Å². The van der Waals surface area contributed by atoms with Gasteiger partial charge in [-0.3, -0.25) is 0 Å². The molecule has 0 aromatic carbocycles. The van der Waals surface area contributed by atoms with E-state index in [0.29, 0.717) is 5.41 Å². The lowest BCUT2D eigenvalue weighted by Gasteiger charge is -2.41. The number of thiophene rings is 1. The van der Waals surface area contributed by atoms with E-state index in [1.165, 1.54) is 35.0 Å². The van der Waals surface area contributed by atoms with Crippen LogP contribution in [0.25, 0.3) is 0 Å². The first-order valence-electron chi connectivity index (χ1n) is 5.88. The normalized spacial score (nSPS) is 18.4. The van der Waals surface area contributed by atoms with Gasteiger partial charge in [-0.1, -0.05) is 6.42 Å². The van der Waals surface area contributed by atoms with Crippen LogP contribution in [0.1, 0.15) is 30.6 Å². The summed E-state index contributed by atoms with van der Waals surface area (Å²) in [6.07, 6.45) is 5.26. The molecule has 90 valence electrons. The monoisotopic (exact) mass is 302 g/mol. The molecule has 3 N–H and O–H groups in total. The Hall–Kier alpha value is 0.1000. The molecule has 0 aliphatic heterocycles. The third-order valence-electron chi connectivity index (χ3n) is 3.60. The summed E-state index contributed by atoms with van der Waals surface area (Å²) in [5.74, 6) is 0. The molecule has 1 fully saturated rings. The van der Waals surface area contributed by atoms with Gasteiger partial charge in [0, 0.05) is 21.3 Å². The van der Waals surface area contributed by atoms with Crippen LogP contribution in [0.15, 0.2) is 15.9 Å². The van der Waals surface area contributed by atoms with E-state index in [1.54, 1.807) is 11.3 Å². The van der Waals surface area contributed by atoms with Crippen LogP contribution in [0.4, 0.5) is 0 Å². The van der Waals surface area contributed by atoms with Crippen LogP contribution in [-0.2, 0) is 6.54 Å². The molecular weight excluding hydrogens is 284 g/mol. The van der Waals surface area contributed by atoms with E-state index in [4.69, 9.17) is 5.73 Å². The van der Waals surface area contributed by atoms with Gasteiger partial charge in [0.1, 0.15) is 0 Å². The molecular formula is C12H19BrN2S. The number of rotatable bonds is 6. The minimum absolute atomic E-state index is 0.475. The maximum absolute atomic E-state index is 5.83. The van der Waals surface area contributed by atoms with Crippen LogP contribution in [0, 0.1) is 5.41 Å². The molecule has 1 aromatic rings. The molecule has 1 heterocycles. The largest absolute Gasteiger partial charge is 0.330 e. The Morgan fingerprint density at radius 1 is 1.50 bits per heavy atom. The van der Waals surface area contributed by atoms with Crippen molar-refractivity contribution in [1.29, 1.82) is 0 Å². The van der Waals surface area contributed by atoms with E-state index >= 15 is 0 Å². The van der Waals surface area contributed by atoms with Crippen LogP contribution in [0.2, 0.25) is 0 Å². The molecule has 0 saturated heterocycles. The SMILES string of the molecule is NCC1(CCNCc2cc(Br)cs2)CCC1. The lowest BCUT2D eigenvalue weighted by atomic mass is 9.67. The van der Waals surface area contributed by atoms with Gasteiger partial charge in [0.25, 0.3) is 0 Å². The summed E-state index contributed by atoms with van der Waals surface area (Å²) in [5.41, 5.74) is 6.31. The van der Waals surface area contributed by atoms with Gasteiger partial charge in [0.05, 0.1) is 0 Å². The molecule has 16 heavy (non-hydrogen) atoms. The van der Waals surface area contributed by atoms with Crippen molar-refractivity contribution >= 4 is 27.3 Å². The topological polar surface area (TPSA) is 38.0 Å². The van der Waals surface area contributed by atoms with Gasteiger partial charge in [-0.15, -0.1) is 11.3 Å². The summed E-state index contributed by atoms with van der Waals surface area (Å²) in [4.78, 5) is 1.39. The molecule has 2 rings (SSSR count). The first-order chi connectivity index (χ1) is 7.74. The summed E-state index contributed by atoms with van der Waals surface area (Å²) in [5, 5.41) is 5.64. The van der Waals surface area contributed by atoms with Crippen LogP contribution in [0.5, 0.6) is 0 Å². The number of hydrogen-bond donors (Lipinski definition) is 2. The summed E-state index contributed by atoms with van der Waals surface area (Å²) in [7, 11) is 0. The van der Waals surface area contributed by atoms with E-state index in [9.17, 15) is 0 Å². The van der Waals surface area contributed by atoms with Gasteiger partial charge in [-0.05, 0) is 59.8 Å². The van der Waals surface area contributed by atoms with Crippen LogP contribution >= 0.6 is 27.3 Å². The molecule has 0 spiro atoms. The average Bonchev–Trinajstić information content (AvgIpc) is 2.62. The first-order valence-corrected chi connectivity index (χ1v) is 7.55. The maximum atomic E-state index is 5.83. The van der Waals surface area contributed by atoms with Crippen molar-refractivity contribution in [3.8, 4) is 0 Å². The van der Waals surface area contributed by atoms with Crippen molar-refractivity contribution in [1.82, 2.24) is 5.32 Å². The van der Waals surface area contributed by atoms with E-state index in [1.807, 2.05) is 0 Å². The molecule has 0 bridgehead atoms. The molecule has 0 atom stereocenters. The second-order valence-electron chi connectivity index (χ2n) is 4.72. The van der Waals surface area contributed by atoms with Gasteiger partial charge in [-0.25, -0.2) is 0 Å². The first kappa shape index (κ1) is 12.6. The summed E-state index contributed by atoms with van der Waals surface area (Å²) < 4.78 is 1.19. The van der Waals surface area contributed by atoms with E-state index in [2.05, 4.69) is 32.7 Å². The third kappa shape index (κ3) is 3.06. The summed E-state index contributed by atoms with van der Waals surface area (Å²) in [6.45, 7) is 2.93. The highest BCUT2D eigenvalue weighted by atomic mass is 79.9. The molecule has 1 aromatic heterocycles. The van der Waals surface area contributed by atoms with E-state index in [0.717, 1.165) is 19.6 Å². The fourth-order valence-corrected chi connectivity index (χ4v) is 3.67. The van der Waals surface area contributed by atoms with Gasteiger partial charge < -0.3 is 11.1 Å². The maximum Gasteiger partial charge on any atom is 0.0300 e. The van der Waals surface area contributed by atoms with Crippen LogP contribution in [-0.4, -0.2) is 13.1 Å². The van der Waals surface area contributed by atoms with Crippen molar-refractivity contribution in [2.45, 2.75) is 32.2 Å². The lowest BCUT2D eigenvalue weighted by Crippen LogP contribution is -2.39. The predicted molar refractivity (Wildman–Crippen MR) is 73.7 cm³/mol. The Balaban J connectivity index is 1.65. The number of halogens is 1. The standard InChI is InChI=1S/C12H19BrN2S/c13-10-6-11(16-8-10)7-15-5-4-12(9-14)2-1-3-12/h6,8,15H,1-5,7,9,14H2. The van der Waals surface area contributed by atoms with Crippen molar-refractivity contribution < 1.29 is 0 Å². The average molecular weight is 303 g/mol. The Kier molecular flexibility index (Phi) is 4.41. The second kappa shape index (κ2) is 5.63. The predicted octanol–water partition coefficient (Wildman–Crippen LogP) is 3.12. The van der Waals surface area contributed by atoms with Crippen LogP contribution < -0.4 is 11.1 Å². The molecule has 4 heteroatoms. The van der Waals surface area contributed by atoms with E-state index < -0.39 is 0 Å². The van der Waals surface area contributed by atoms with Crippen molar-refractivity contribution in [2.24, 2.45) is 11.1 Å². The third-order valence-corrected chi connectivity index (χ3v) is 5.30. The number of nitrogens with one attached hydrogen (secondary N) is 1. The fourth-order valence-electron chi connectivity index (χ4n) is 2.24.